The molecule has 0 aromatic heterocycles. The van der Waals surface area contributed by atoms with E-state index in [4.69, 9.17) is 10.5 Å². The molecule has 0 radical (unpaired) electrons. The standard InChI is InChI=1S/C16H17NO2/c1-10-2-7-15-13(8-10)14(17)9-16(19-15)11-3-5-12(18)6-4-11/h2-8,14,16,18H,9,17H2,1H3/t14-,16?/m0/s1. The van der Waals surface area contributed by atoms with Gasteiger partial charge in [0.05, 0.1) is 0 Å². The minimum absolute atomic E-state index is 0.0116. The average Bonchev–Trinajstić information content (AvgIpc) is 2.40. The van der Waals surface area contributed by atoms with Crippen molar-refractivity contribution < 1.29 is 9.84 Å². The van der Waals surface area contributed by atoms with Crippen LogP contribution >= 0.6 is 0 Å². The number of benzene rings is 2. The summed E-state index contributed by atoms with van der Waals surface area (Å²) in [7, 11) is 0. The van der Waals surface area contributed by atoms with Crippen LogP contribution in [0.15, 0.2) is 42.5 Å². The summed E-state index contributed by atoms with van der Waals surface area (Å²) in [4.78, 5) is 0. The van der Waals surface area contributed by atoms with E-state index in [9.17, 15) is 5.11 Å². The van der Waals surface area contributed by atoms with Crippen LogP contribution in [0.2, 0.25) is 0 Å². The lowest BCUT2D eigenvalue weighted by molar-refractivity contribution is 0.161. The number of ether oxygens (including phenoxy) is 1. The van der Waals surface area contributed by atoms with Crippen LogP contribution in [0.1, 0.15) is 35.3 Å². The Balaban J connectivity index is 1.92. The third kappa shape index (κ3) is 2.29. The highest BCUT2D eigenvalue weighted by molar-refractivity contribution is 5.42. The number of phenols is 1. The van der Waals surface area contributed by atoms with Gasteiger partial charge in [-0.15, -0.1) is 0 Å². The topological polar surface area (TPSA) is 55.5 Å². The van der Waals surface area contributed by atoms with E-state index in [0.717, 1.165) is 23.3 Å². The molecule has 2 aromatic carbocycles. The zero-order valence-electron chi connectivity index (χ0n) is 10.8. The molecule has 1 aliphatic rings. The second-order valence-corrected chi connectivity index (χ2v) is 5.08. The fourth-order valence-electron chi connectivity index (χ4n) is 2.52. The minimum Gasteiger partial charge on any atom is -0.508 e. The van der Waals surface area contributed by atoms with Crippen molar-refractivity contribution in [3.8, 4) is 11.5 Å². The number of hydrogen-bond acceptors (Lipinski definition) is 3. The van der Waals surface area contributed by atoms with Crippen molar-refractivity contribution in [3.63, 3.8) is 0 Å². The summed E-state index contributed by atoms with van der Waals surface area (Å²) < 4.78 is 6.02. The van der Waals surface area contributed by atoms with Gasteiger partial charge in [0, 0.05) is 18.0 Å². The molecule has 19 heavy (non-hydrogen) atoms. The van der Waals surface area contributed by atoms with E-state index in [1.165, 1.54) is 5.56 Å². The molecule has 3 N–H and O–H groups in total. The van der Waals surface area contributed by atoms with Crippen LogP contribution in [0.4, 0.5) is 0 Å². The zero-order valence-corrected chi connectivity index (χ0v) is 10.8. The molecule has 2 atom stereocenters. The van der Waals surface area contributed by atoms with Crippen LogP contribution in [-0.2, 0) is 0 Å². The number of aryl methyl sites for hydroxylation is 1. The number of phenolic OH excluding ortho intramolecular Hbond substituents is 1. The SMILES string of the molecule is Cc1ccc2c(c1)[C@@H](N)CC(c1ccc(O)cc1)O2. The number of nitrogens with two attached hydrogens (primary N) is 1. The van der Waals surface area contributed by atoms with Gasteiger partial charge in [0.1, 0.15) is 17.6 Å². The quantitative estimate of drug-likeness (QED) is 0.822. The Kier molecular flexibility index (Phi) is 2.91. The number of rotatable bonds is 1. The van der Waals surface area contributed by atoms with Crippen LogP contribution in [0.25, 0.3) is 0 Å². The van der Waals surface area contributed by atoms with E-state index in [1.807, 2.05) is 24.3 Å². The van der Waals surface area contributed by atoms with Gasteiger partial charge in [0.25, 0.3) is 0 Å². The van der Waals surface area contributed by atoms with Gasteiger partial charge in [-0.3, -0.25) is 0 Å². The normalized spacial score (nSPS) is 21.6. The van der Waals surface area contributed by atoms with Gasteiger partial charge in [-0.2, -0.15) is 0 Å². The maximum Gasteiger partial charge on any atom is 0.126 e. The largest absolute Gasteiger partial charge is 0.508 e. The van der Waals surface area contributed by atoms with Crippen molar-refractivity contribution >= 4 is 0 Å². The van der Waals surface area contributed by atoms with Crippen LogP contribution in [-0.4, -0.2) is 5.11 Å². The maximum absolute atomic E-state index is 9.33. The molecule has 0 bridgehead atoms. The van der Waals surface area contributed by atoms with E-state index in [1.54, 1.807) is 12.1 Å². The van der Waals surface area contributed by atoms with Gasteiger partial charge >= 0.3 is 0 Å². The summed E-state index contributed by atoms with van der Waals surface area (Å²) in [6.07, 6.45) is 0.701. The lowest BCUT2D eigenvalue weighted by atomic mass is 9.92. The Morgan fingerprint density at radius 3 is 2.63 bits per heavy atom. The van der Waals surface area contributed by atoms with Gasteiger partial charge in [0.15, 0.2) is 0 Å². The maximum atomic E-state index is 9.33. The summed E-state index contributed by atoms with van der Waals surface area (Å²) in [6.45, 7) is 2.05. The summed E-state index contributed by atoms with van der Waals surface area (Å²) >= 11 is 0. The van der Waals surface area contributed by atoms with E-state index in [0.29, 0.717) is 0 Å². The van der Waals surface area contributed by atoms with E-state index in [-0.39, 0.29) is 17.9 Å². The highest BCUT2D eigenvalue weighted by Gasteiger charge is 2.26. The van der Waals surface area contributed by atoms with Crippen molar-refractivity contribution in [1.29, 1.82) is 0 Å². The van der Waals surface area contributed by atoms with Crippen LogP contribution in [0.3, 0.4) is 0 Å². The van der Waals surface area contributed by atoms with Crippen LogP contribution in [0, 0.1) is 6.92 Å². The molecule has 1 heterocycles. The molecule has 0 fully saturated rings. The number of hydrogen-bond donors (Lipinski definition) is 2. The zero-order chi connectivity index (χ0) is 13.4. The van der Waals surface area contributed by atoms with E-state index in [2.05, 4.69) is 13.0 Å². The molecule has 2 aromatic rings. The number of aromatic hydroxyl groups is 1. The molecule has 0 aliphatic carbocycles. The minimum atomic E-state index is -0.0502. The van der Waals surface area contributed by atoms with Gasteiger partial charge in [0.2, 0.25) is 0 Å². The highest BCUT2D eigenvalue weighted by atomic mass is 16.5. The van der Waals surface area contributed by atoms with E-state index < -0.39 is 0 Å². The second-order valence-electron chi connectivity index (χ2n) is 5.08. The first-order valence-electron chi connectivity index (χ1n) is 6.45. The summed E-state index contributed by atoms with van der Waals surface area (Å²) in [5, 5.41) is 9.33. The lowest BCUT2D eigenvalue weighted by Gasteiger charge is -2.30. The average molecular weight is 255 g/mol. The predicted molar refractivity (Wildman–Crippen MR) is 74.2 cm³/mol. The smallest absolute Gasteiger partial charge is 0.126 e. The fraction of sp³-hybridized carbons (Fsp3) is 0.250. The highest BCUT2D eigenvalue weighted by Crippen LogP contribution is 2.40. The van der Waals surface area contributed by atoms with Gasteiger partial charge in [-0.1, -0.05) is 29.8 Å². The Hall–Kier alpha value is -2.00. The monoisotopic (exact) mass is 255 g/mol. The Bertz CT molecular complexity index is 592. The molecule has 0 amide bonds. The molecule has 1 unspecified atom stereocenters. The Morgan fingerprint density at radius 1 is 1.16 bits per heavy atom. The molecule has 3 nitrogen and oxygen atoms in total. The van der Waals surface area contributed by atoms with Crippen LogP contribution in [0.5, 0.6) is 11.5 Å². The Labute approximate surface area is 112 Å². The third-order valence-electron chi connectivity index (χ3n) is 3.57. The predicted octanol–water partition coefficient (Wildman–Crippen LogP) is 3.22. The van der Waals surface area contributed by atoms with Crippen molar-refractivity contribution in [2.24, 2.45) is 5.73 Å². The second kappa shape index (κ2) is 4.59. The molecule has 3 heteroatoms. The van der Waals surface area contributed by atoms with Crippen molar-refractivity contribution in [3.05, 3.63) is 59.2 Å². The lowest BCUT2D eigenvalue weighted by Crippen LogP contribution is -2.24. The molecule has 0 saturated heterocycles. The molecule has 0 spiro atoms. The van der Waals surface area contributed by atoms with Gasteiger partial charge in [-0.25, -0.2) is 0 Å². The third-order valence-corrected chi connectivity index (χ3v) is 3.57. The summed E-state index contributed by atoms with van der Waals surface area (Å²) in [5.41, 5.74) is 9.56. The van der Waals surface area contributed by atoms with Crippen molar-refractivity contribution in [1.82, 2.24) is 0 Å². The molecular weight excluding hydrogens is 238 g/mol. The van der Waals surface area contributed by atoms with E-state index >= 15 is 0 Å². The van der Waals surface area contributed by atoms with Gasteiger partial charge in [-0.05, 0) is 30.7 Å². The molecule has 98 valence electrons. The van der Waals surface area contributed by atoms with Crippen molar-refractivity contribution in [2.45, 2.75) is 25.5 Å². The first-order chi connectivity index (χ1) is 9.13. The first-order valence-corrected chi connectivity index (χ1v) is 6.45. The van der Waals surface area contributed by atoms with Crippen LogP contribution < -0.4 is 10.5 Å². The molecular formula is C16H17NO2. The van der Waals surface area contributed by atoms with Gasteiger partial charge < -0.3 is 15.6 Å². The Morgan fingerprint density at radius 2 is 1.89 bits per heavy atom. The summed E-state index contributed by atoms with van der Waals surface area (Å²) in [5.74, 6) is 1.13. The molecule has 1 aliphatic heterocycles. The number of fused-ring (bicyclic) bond motifs is 1. The fourth-order valence-corrected chi connectivity index (χ4v) is 2.52. The molecule has 3 rings (SSSR count). The first kappa shape index (κ1) is 12.1. The summed E-state index contributed by atoms with van der Waals surface area (Å²) in [6, 6.07) is 13.2. The van der Waals surface area contributed by atoms with Crippen molar-refractivity contribution in [2.75, 3.05) is 0 Å². The molecule has 0 saturated carbocycles.